The summed E-state index contributed by atoms with van der Waals surface area (Å²) in [6, 6.07) is -0.302. The first kappa shape index (κ1) is 19.5. The van der Waals surface area contributed by atoms with Crippen molar-refractivity contribution in [2.75, 3.05) is 18.2 Å². The predicted molar refractivity (Wildman–Crippen MR) is 80.9 cm³/mol. The number of thioether (sulfide) groups is 1. The van der Waals surface area contributed by atoms with Crippen molar-refractivity contribution in [1.29, 1.82) is 0 Å². The average Bonchev–Trinajstić information content (AvgIpc) is 2.97. The first-order valence-electron chi connectivity index (χ1n) is 6.55. The van der Waals surface area contributed by atoms with Gasteiger partial charge in [-0.2, -0.15) is 0 Å². The number of nitrogens with two attached hydrogens (primary N) is 1. The van der Waals surface area contributed by atoms with Gasteiger partial charge in [0.1, 0.15) is 0 Å². The van der Waals surface area contributed by atoms with E-state index in [4.69, 9.17) is 15.9 Å². The van der Waals surface area contributed by atoms with E-state index in [0.29, 0.717) is 12.2 Å². The van der Waals surface area contributed by atoms with E-state index in [-0.39, 0.29) is 17.9 Å². The molecule has 0 aliphatic carbocycles. The fourth-order valence-electron chi connectivity index (χ4n) is 1.44. The van der Waals surface area contributed by atoms with Crippen molar-refractivity contribution in [3.8, 4) is 0 Å². The summed E-state index contributed by atoms with van der Waals surface area (Å²) in [5.74, 6) is -0.223. The molecule has 0 aromatic carbocycles. The number of hydrogen-bond acceptors (Lipinski definition) is 5. The molecule has 0 aromatic rings. The molecule has 1 aliphatic heterocycles. The lowest BCUT2D eigenvalue weighted by atomic mass is 9.99. The smallest absolute Gasteiger partial charge is 0.328 e. The minimum atomic E-state index is -1.26. The quantitative estimate of drug-likeness (QED) is 0.635. The van der Waals surface area contributed by atoms with Crippen molar-refractivity contribution >= 4 is 29.6 Å². The molecule has 0 unspecified atom stereocenters. The van der Waals surface area contributed by atoms with Crippen molar-refractivity contribution in [1.82, 2.24) is 4.90 Å². The summed E-state index contributed by atoms with van der Waals surface area (Å²) in [5.41, 5.74) is 5.85. The van der Waals surface area contributed by atoms with Gasteiger partial charge in [-0.1, -0.05) is 20.3 Å². The van der Waals surface area contributed by atoms with Gasteiger partial charge in [0.15, 0.2) is 0 Å². The van der Waals surface area contributed by atoms with Crippen molar-refractivity contribution in [2.45, 2.75) is 26.3 Å². The average molecular weight is 318 g/mol. The van der Waals surface area contributed by atoms with Crippen LogP contribution in [-0.2, 0) is 14.4 Å². The van der Waals surface area contributed by atoms with Gasteiger partial charge in [-0.05, 0) is 5.92 Å². The van der Waals surface area contributed by atoms with Crippen LogP contribution in [0.15, 0.2) is 12.2 Å². The first-order chi connectivity index (χ1) is 9.79. The summed E-state index contributed by atoms with van der Waals surface area (Å²) >= 11 is 1.80. The normalized spacial score (nSPS) is 17.0. The number of carbonyl (C=O) groups excluding carboxylic acids is 1. The molecule has 1 amide bonds. The summed E-state index contributed by atoms with van der Waals surface area (Å²) in [6.45, 7) is 4.97. The summed E-state index contributed by atoms with van der Waals surface area (Å²) in [6.07, 6.45) is 2.08. The summed E-state index contributed by atoms with van der Waals surface area (Å²) in [4.78, 5) is 32.7. The zero-order valence-corrected chi connectivity index (χ0v) is 13.0. The molecule has 2 atom stereocenters. The SMILES string of the molecule is CC[C@@H](C)[C@H](N)C(=O)N1CCSC1.O=C(O)/C=C/C(=O)O. The van der Waals surface area contributed by atoms with E-state index in [2.05, 4.69) is 6.92 Å². The molecule has 1 aliphatic rings. The molecule has 1 fully saturated rings. The fraction of sp³-hybridized carbons (Fsp3) is 0.615. The minimum Gasteiger partial charge on any atom is -0.478 e. The van der Waals surface area contributed by atoms with Gasteiger partial charge in [-0.3, -0.25) is 4.79 Å². The Balaban J connectivity index is 0.000000433. The molecule has 1 heterocycles. The zero-order valence-electron chi connectivity index (χ0n) is 12.2. The van der Waals surface area contributed by atoms with E-state index in [1.165, 1.54) is 0 Å². The Morgan fingerprint density at radius 2 is 1.81 bits per heavy atom. The monoisotopic (exact) mass is 318 g/mol. The number of carboxylic acids is 2. The topological polar surface area (TPSA) is 121 Å². The van der Waals surface area contributed by atoms with Gasteiger partial charge in [0.25, 0.3) is 0 Å². The van der Waals surface area contributed by atoms with Crippen LogP contribution in [0.1, 0.15) is 20.3 Å². The van der Waals surface area contributed by atoms with Crippen LogP contribution < -0.4 is 5.73 Å². The second kappa shape index (κ2) is 10.2. The predicted octanol–water partition coefficient (Wildman–Crippen LogP) is 0.605. The van der Waals surface area contributed by atoms with E-state index in [9.17, 15) is 14.4 Å². The third kappa shape index (κ3) is 8.36. The highest BCUT2D eigenvalue weighted by molar-refractivity contribution is 7.99. The molecular weight excluding hydrogens is 296 g/mol. The molecule has 1 saturated heterocycles. The van der Waals surface area contributed by atoms with Crippen LogP contribution in [0, 0.1) is 5.92 Å². The van der Waals surface area contributed by atoms with Crippen LogP contribution in [0.5, 0.6) is 0 Å². The Kier molecular flexibility index (Phi) is 9.48. The molecule has 120 valence electrons. The second-order valence-corrected chi connectivity index (χ2v) is 5.63. The van der Waals surface area contributed by atoms with E-state index in [1.807, 2.05) is 11.8 Å². The van der Waals surface area contributed by atoms with Crippen molar-refractivity contribution in [3.63, 3.8) is 0 Å². The van der Waals surface area contributed by atoms with Crippen LogP contribution in [0.3, 0.4) is 0 Å². The highest BCUT2D eigenvalue weighted by Gasteiger charge is 2.26. The van der Waals surface area contributed by atoms with Gasteiger partial charge in [0, 0.05) is 24.4 Å². The number of carbonyl (C=O) groups is 3. The molecule has 1 rings (SSSR count). The summed E-state index contributed by atoms with van der Waals surface area (Å²) in [5, 5.41) is 15.6. The summed E-state index contributed by atoms with van der Waals surface area (Å²) < 4.78 is 0. The molecule has 0 saturated carbocycles. The second-order valence-electron chi connectivity index (χ2n) is 4.56. The van der Waals surface area contributed by atoms with Gasteiger partial charge < -0.3 is 20.8 Å². The fourth-order valence-corrected chi connectivity index (χ4v) is 2.39. The number of carboxylic acid groups (broad SMARTS) is 2. The Hall–Kier alpha value is -1.54. The zero-order chi connectivity index (χ0) is 16.4. The van der Waals surface area contributed by atoms with Gasteiger partial charge in [0.2, 0.25) is 5.91 Å². The lowest BCUT2D eigenvalue weighted by Gasteiger charge is -2.23. The number of rotatable bonds is 5. The molecule has 0 bridgehead atoms. The lowest BCUT2D eigenvalue weighted by molar-refractivity contribution is -0.134. The Morgan fingerprint density at radius 3 is 2.14 bits per heavy atom. The first-order valence-corrected chi connectivity index (χ1v) is 7.71. The molecule has 0 radical (unpaired) electrons. The molecule has 4 N–H and O–H groups in total. The Bertz CT molecular complexity index is 378. The van der Waals surface area contributed by atoms with Crippen LogP contribution >= 0.6 is 11.8 Å². The highest BCUT2D eigenvalue weighted by Crippen LogP contribution is 2.16. The van der Waals surface area contributed by atoms with E-state index in [1.54, 1.807) is 11.8 Å². The third-order valence-electron chi connectivity index (χ3n) is 2.97. The van der Waals surface area contributed by atoms with Gasteiger partial charge in [0.05, 0.1) is 11.9 Å². The molecule has 0 spiro atoms. The van der Waals surface area contributed by atoms with Gasteiger partial charge in [-0.25, -0.2) is 9.59 Å². The molecule has 8 heteroatoms. The van der Waals surface area contributed by atoms with Crippen molar-refractivity contribution < 1.29 is 24.6 Å². The Morgan fingerprint density at radius 1 is 1.29 bits per heavy atom. The van der Waals surface area contributed by atoms with Crippen molar-refractivity contribution in [3.05, 3.63) is 12.2 Å². The maximum absolute atomic E-state index is 11.7. The number of amides is 1. The minimum absolute atomic E-state index is 0.124. The van der Waals surface area contributed by atoms with Crippen LogP contribution in [0.4, 0.5) is 0 Å². The number of aliphatic carboxylic acids is 2. The van der Waals surface area contributed by atoms with E-state index < -0.39 is 11.9 Å². The molecule has 7 nitrogen and oxygen atoms in total. The highest BCUT2D eigenvalue weighted by atomic mass is 32.2. The van der Waals surface area contributed by atoms with Crippen LogP contribution in [0.25, 0.3) is 0 Å². The summed E-state index contributed by atoms with van der Waals surface area (Å²) in [7, 11) is 0. The maximum atomic E-state index is 11.7. The third-order valence-corrected chi connectivity index (χ3v) is 3.94. The largest absolute Gasteiger partial charge is 0.478 e. The standard InChI is InChI=1S/C9H18N2OS.C4H4O4/c1-3-7(2)8(10)9(12)11-4-5-13-6-11;5-3(6)1-2-4(7)8/h7-8H,3-6,10H2,1-2H3;1-2H,(H,5,6)(H,7,8)/b;2-1+/t7-,8+;/m1./s1. The van der Waals surface area contributed by atoms with E-state index >= 15 is 0 Å². The van der Waals surface area contributed by atoms with Gasteiger partial charge >= 0.3 is 11.9 Å². The van der Waals surface area contributed by atoms with E-state index in [0.717, 1.165) is 24.6 Å². The maximum Gasteiger partial charge on any atom is 0.328 e. The molecule has 21 heavy (non-hydrogen) atoms. The van der Waals surface area contributed by atoms with Crippen LogP contribution in [0.2, 0.25) is 0 Å². The number of nitrogens with zero attached hydrogens (tertiary/aromatic N) is 1. The lowest BCUT2D eigenvalue weighted by Crippen LogP contribution is -2.45. The molecular formula is C13H22N2O5S. The van der Waals surface area contributed by atoms with Gasteiger partial charge in [-0.15, -0.1) is 11.8 Å². The Labute approximate surface area is 128 Å². The number of hydrogen-bond donors (Lipinski definition) is 3. The molecule has 0 aromatic heterocycles. The van der Waals surface area contributed by atoms with Crippen molar-refractivity contribution in [2.24, 2.45) is 11.7 Å². The van der Waals surface area contributed by atoms with Crippen LogP contribution in [-0.4, -0.2) is 57.2 Å².